The van der Waals surface area contributed by atoms with Crippen LogP contribution in [0.3, 0.4) is 0 Å². The predicted octanol–water partition coefficient (Wildman–Crippen LogP) is 6.42. The second-order valence-electron chi connectivity index (χ2n) is 8.93. The van der Waals surface area contributed by atoms with Gasteiger partial charge >= 0.3 is 9.05 Å². The minimum absolute atomic E-state index is 0.0181. The van der Waals surface area contributed by atoms with Crippen molar-refractivity contribution in [3.8, 4) is 0 Å². The Morgan fingerprint density at radius 2 is 0.939 bits per heavy atom. The molecular weight excluding hydrogens is 436 g/mol. The molecule has 2 aliphatic rings. The number of rotatable bonds is 12. The molecule has 0 N–H and O–H groups in total. The van der Waals surface area contributed by atoms with Crippen LogP contribution in [0.15, 0.2) is 60.7 Å². The van der Waals surface area contributed by atoms with E-state index in [1.165, 1.54) is 12.8 Å². The average Bonchev–Trinajstić information content (AvgIpc) is 2.90. The van der Waals surface area contributed by atoms with Gasteiger partial charge in [0.2, 0.25) is 0 Å². The smallest absolute Gasteiger partial charge is 0.344 e. The van der Waals surface area contributed by atoms with E-state index in [2.05, 4.69) is 0 Å². The van der Waals surface area contributed by atoms with Crippen molar-refractivity contribution in [2.24, 2.45) is 0 Å². The predicted molar refractivity (Wildman–Crippen MR) is 126 cm³/mol. The van der Waals surface area contributed by atoms with Gasteiger partial charge in [-0.25, -0.2) is 9.78 Å². The summed E-state index contributed by atoms with van der Waals surface area (Å²) in [6.07, 6.45) is 10.9. The zero-order valence-corrected chi connectivity index (χ0v) is 20.4. The molecule has 0 saturated heterocycles. The third kappa shape index (κ3) is 8.29. The topological polar surface area (TPSA) is 55.4 Å². The molecule has 2 aliphatic carbocycles. The molecule has 0 unspecified atom stereocenters. The minimum Gasteiger partial charge on any atom is -0.344 e. The molecule has 180 valence electrons. The SMILES string of the molecule is c1ccc(CO[Si](OCc2ccccc2)(OOC2CCCCC2)OOC2CCCCC2)cc1. The molecule has 2 aromatic rings. The van der Waals surface area contributed by atoms with Crippen LogP contribution in [0.25, 0.3) is 0 Å². The van der Waals surface area contributed by atoms with Crippen LogP contribution in [0.4, 0.5) is 0 Å². The van der Waals surface area contributed by atoms with Gasteiger partial charge < -0.3 is 8.85 Å². The lowest BCUT2D eigenvalue weighted by atomic mass is 9.98. The molecule has 0 atom stereocenters. The molecule has 0 radical (unpaired) electrons. The van der Waals surface area contributed by atoms with Crippen LogP contribution in [-0.4, -0.2) is 21.3 Å². The highest BCUT2D eigenvalue weighted by atomic mass is 28.4. The Balaban J connectivity index is 1.47. The Hall–Kier alpha value is -1.58. The molecule has 6 nitrogen and oxygen atoms in total. The van der Waals surface area contributed by atoms with E-state index >= 15 is 0 Å². The molecule has 0 amide bonds. The Bertz CT molecular complexity index is 710. The van der Waals surface area contributed by atoms with Crippen LogP contribution in [-0.2, 0) is 41.0 Å². The summed E-state index contributed by atoms with van der Waals surface area (Å²) in [4.78, 5) is 11.7. The van der Waals surface area contributed by atoms with Crippen molar-refractivity contribution >= 4 is 9.05 Å². The zero-order valence-electron chi connectivity index (χ0n) is 19.4. The van der Waals surface area contributed by atoms with Crippen molar-refractivity contribution in [2.75, 3.05) is 0 Å². The third-order valence-corrected chi connectivity index (χ3v) is 7.79. The molecule has 0 aromatic heterocycles. The van der Waals surface area contributed by atoms with E-state index in [0.717, 1.165) is 62.5 Å². The molecule has 0 heterocycles. The van der Waals surface area contributed by atoms with Gasteiger partial charge in [0.05, 0.1) is 25.4 Å². The van der Waals surface area contributed by atoms with Crippen LogP contribution < -0.4 is 0 Å². The van der Waals surface area contributed by atoms with Crippen LogP contribution >= 0.6 is 0 Å². The first-order chi connectivity index (χ1) is 16.3. The summed E-state index contributed by atoms with van der Waals surface area (Å²) in [7, 11) is -3.77. The molecule has 0 aliphatic heterocycles. The lowest BCUT2D eigenvalue weighted by Crippen LogP contribution is -2.50. The van der Waals surface area contributed by atoms with E-state index in [0.29, 0.717) is 0 Å². The van der Waals surface area contributed by atoms with Crippen LogP contribution in [0, 0.1) is 0 Å². The van der Waals surface area contributed by atoms with Crippen molar-refractivity contribution in [2.45, 2.75) is 89.6 Å². The fourth-order valence-electron chi connectivity index (χ4n) is 4.22. The monoisotopic (exact) mass is 472 g/mol. The maximum absolute atomic E-state index is 6.24. The summed E-state index contributed by atoms with van der Waals surface area (Å²) in [5, 5.41) is 0. The van der Waals surface area contributed by atoms with Gasteiger partial charge in [0.15, 0.2) is 0 Å². The van der Waals surface area contributed by atoms with Crippen molar-refractivity contribution in [3.63, 3.8) is 0 Å². The standard InChI is InChI=1S/C26H36O6Si/c1-5-13-23(14-6-1)21-27-33(28-22-24-15-7-2-8-16-24,31-29-25-17-9-3-10-18-25)32-30-26-19-11-4-12-20-26/h1-2,5-8,13-16,25-26H,3-4,9-12,17-22H2. The zero-order chi connectivity index (χ0) is 22.6. The van der Waals surface area contributed by atoms with E-state index < -0.39 is 9.05 Å². The first kappa shape index (κ1) is 24.5. The highest BCUT2D eigenvalue weighted by Crippen LogP contribution is 2.27. The van der Waals surface area contributed by atoms with Crippen molar-refractivity contribution < 1.29 is 27.8 Å². The van der Waals surface area contributed by atoms with E-state index in [-0.39, 0.29) is 25.4 Å². The minimum atomic E-state index is -3.77. The van der Waals surface area contributed by atoms with Gasteiger partial charge in [-0.2, -0.15) is 9.15 Å². The summed E-state index contributed by atoms with van der Waals surface area (Å²) in [6, 6.07) is 19.9. The molecule has 0 spiro atoms. The maximum Gasteiger partial charge on any atom is 0.736 e. The second-order valence-corrected chi connectivity index (χ2v) is 10.8. The molecule has 7 heteroatoms. The number of hydrogen-bond acceptors (Lipinski definition) is 6. The molecule has 0 bridgehead atoms. The number of hydrogen-bond donors (Lipinski definition) is 0. The largest absolute Gasteiger partial charge is 0.736 e. The van der Waals surface area contributed by atoms with Crippen LogP contribution in [0.2, 0.25) is 0 Å². The van der Waals surface area contributed by atoms with Gasteiger partial charge in [0.25, 0.3) is 0 Å². The molecule has 2 fully saturated rings. The van der Waals surface area contributed by atoms with Gasteiger partial charge in [0, 0.05) is 0 Å². The second kappa shape index (κ2) is 13.3. The third-order valence-electron chi connectivity index (χ3n) is 6.19. The first-order valence-electron chi connectivity index (χ1n) is 12.4. The van der Waals surface area contributed by atoms with Crippen LogP contribution in [0.5, 0.6) is 0 Å². The quantitative estimate of drug-likeness (QED) is 0.202. The average molecular weight is 473 g/mol. The van der Waals surface area contributed by atoms with Crippen molar-refractivity contribution in [3.05, 3.63) is 71.8 Å². The molecule has 2 saturated carbocycles. The summed E-state index contributed by atoms with van der Waals surface area (Å²) in [5.41, 5.74) is 2.00. The number of benzene rings is 2. The van der Waals surface area contributed by atoms with E-state index in [4.69, 9.17) is 27.8 Å². The fourth-order valence-corrected chi connectivity index (χ4v) is 5.72. The molecule has 2 aromatic carbocycles. The summed E-state index contributed by atoms with van der Waals surface area (Å²) < 4.78 is 24.4. The fraction of sp³-hybridized carbons (Fsp3) is 0.538. The van der Waals surface area contributed by atoms with Crippen LogP contribution in [0.1, 0.15) is 75.3 Å². The summed E-state index contributed by atoms with van der Waals surface area (Å²) >= 11 is 0. The Labute approximate surface area is 198 Å². The van der Waals surface area contributed by atoms with E-state index in [1.807, 2.05) is 60.7 Å². The van der Waals surface area contributed by atoms with Gasteiger partial charge in [0.1, 0.15) is 0 Å². The first-order valence-corrected chi connectivity index (χ1v) is 14.0. The lowest BCUT2D eigenvalue weighted by molar-refractivity contribution is -0.370. The van der Waals surface area contributed by atoms with Crippen molar-refractivity contribution in [1.82, 2.24) is 0 Å². The van der Waals surface area contributed by atoms with Gasteiger partial charge in [-0.05, 0) is 36.8 Å². The van der Waals surface area contributed by atoms with E-state index in [1.54, 1.807) is 0 Å². The Kier molecular flexibility index (Phi) is 9.92. The highest BCUT2D eigenvalue weighted by Gasteiger charge is 2.51. The van der Waals surface area contributed by atoms with Gasteiger partial charge in [-0.15, -0.1) is 0 Å². The highest BCUT2D eigenvalue weighted by molar-refractivity contribution is 6.52. The summed E-state index contributed by atoms with van der Waals surface area (Å²) in [5.74, 6) is 0. The Morgan fingerprint density at radius 1 is 0.545 bits per heavy atom. The van der Waals surface area contributed by atoms with Crippen molar-refractivity contribution in [1.29, 1.82) is 0 Å². The summed E-state index contributed by atoms with van der Waals surface area (Å²) in [6.45, 7) is 0.563. The van der Waals surface area contributed by atoms with Gasteiger partial charge in [-0.1, -0.05) is 99.2 Å². The Morgan fingerprint density at radius 3 is 1.33 bits per heavy atom. The molecule has 33 heavy (non-hydrogen) atoms. The molecule has 4 rings (SSSR count). The normalized spacial score (nSPS) is 18.4. The molecular formula is C26H36O6Si. The van der Waals surface area contributed by atoms with Gasteiger partial charge in [-0.3, -0.25) is 0 Å². The van der Waals surface area contributed by atoms with E-state index in [9.17, 15) is 0 Å². The lowest BCUT2D eigenvalue weighted by Gasteiger charge is -2.30. The maximum atomic E-state index is 6.24.